The van der Waals surface area contributed by atoms with Gasteiger partial charge in [0.1, 0.15) is 0 Å². The minimum atomic E-state index is -0.307. The Bertz CT molecular complexity index is 571. The molecule has 0 bridgehead atoms. The lowest BCUT2D eigenvalue weighted by atomic mass is 10.2. The molecule has 7 heteroatoms. The highest BCUT2D eigenvalue weighted by atomic mass is 35.5. The van der Waals surface area contributed by atoms with Crippen molar-refractivity contribution in [1.29, 1.82) is 0 Å². The smallest absolute Gasteiger partial charge is 0.259 e. The zero-order valence-electron chi connectivity index (χ0n) is 10.6. The average molecular weight is 301 g/mol. The Balaban J connectivity index is 2.25. The van der Waals surface area contributed by atoms with E-state index in [1.807, 2.05) is 19.0 Å². The van der Waals surface area contributed by atoms with Gasteiger partial charge in [0.15, 0.2) is 5.82 Å². The Hall–Kier alpha value is -1.14. The number of likely N-dealkylation sites (N-methyl/N-ethyl adjacent to an activating group) is 1. The Kier molecular flexibility index (Phi) is 4.42. The second kappa shape index (κ2) is 5.88. The van der Waals surface area contributed by atoms with Gasteiger partial charge >= 0.3 is 0 Å². The lowest BCUT2D eigenvalue weighted by Crippen LogP contribution is -2.26. The van der Waals surface area contributed by atoms with Crippen LogP contribution in [0.15, 0.2) is 22.7 Å². The van der Waals surface area contributed by atoms with Gasteiger partial charge in [-0.3, -0.25) is 0 Å². The SMILES string of the molecule is CN(C)CC(N)c1noc(-c2ccc(Cl)cc2Cl)n1. The zero-order valence-corrected chi connectivity index (χ0v) is 12.1. The number of nitrogens with zero attached hydrogens (tertiary/aromatic N) is 3. The van der Waals surface area contributed by atoms with Crippen LogP contribution in [0.25, 0.3) is 11.5 Å². The highest BCUT2D eigenvalue weighted by Crippen LogP contribution is 2.29. The van der Waals surface area contributed by atoms with Crippen LogP contribution in [0.2, 0.25) is 10.0 Å². The molecule has 1 unspecified atom stereocenters. The molecule has 0 saturated heterocycles. The number of hydrogen-bond acceptors (Lipinski definition) is 5. The van der Waals surface area contributed by atoms with Gasteiger partial charge in [-0.1, -0.05) is 28.4 Å². The van der Waals surface area contributed by atoms with Crippen LogP contribution < -0.4 is 5.73 Å². The van der Waals surface area contributed by atoms with Crippen molar-refractivity contribution in [2.45, 2.75) is 6.04 Å². The van der Waals surface area contributed by atoms with Gasteiger partial charge in [0.25, 0.3) is 5.89 Å². The van der Waals surface area contributed by atoms with Crippen molar-refractivity contribution in [2.24, 2.45) is 5.73 Å². The van der Waals surface area contributed by atoms with Gasteiger partial charge in [0.05, 0.1) is 16.6 Å². The van der Waals surface area contributed by atoms with E-state index in [-0.39, 0.29) is 6.04 Å². The Morgan fingerprint density at radius 3 is 2.74 bits per heavy atom. The molecule has 1 heterocycles. The van der Waals surface area contributed by atoms with Gasteiger partial charge in [-0.2, -0.15) is 4.98 Å². The van der Waals surface area contributed by atoms with E-state index in [4.69, 9.17) is 33.5 Å². The first-order valence-electron chi connectivity index (χ1n) is 5.66. The van der Waals surface area contributed by atoms with Crippen molar-refractivity contribution in [2.75, 3.05) is 20.6 Å². The van der Waals surface area contributed by atoms with E-state index < -0.39 is 0 Å². The first-order valence-corrected chi connectivity index (χ1v) is 6.42. The standard InChI is InChI=1S/C12H14Cl2N4O/c1-18(2)6-10(15)11-16-12(19-17-11)8-4-3-7(13)5-9(8)14/h3-5,10H,6,15H2,1-2H3. The maximum absolute atomic E-state index is 6.09. The highest BCUT2D eigenvalue weighted by Gasteiger charge is 2.17. The van der Waals surface area contributed by atoms with Gasteiger partial charge in [0, 0.05) is 11.6 Å². The van der Waals surface area contributed by atoms with Crippen molar-refractivity contribution in [3.63, 3.8) is 0 Å². The van der Waals surface area contributed by atoms with Crippen molar-refractivity contribution >= 4 is 23.2 Å². The molecule has 0 spiro atoms. The van der Waals surface area contributed by atoms with Gasteiger partial charge in [-0.25, -0.2) is 0 Å². The average Bonchev–Trinajstić information content (AvgIpc) is 2.77. The molecule has 0 fully saturated rings. The van der Waals surface area contributed by atoms with Crippen molar-refractivity contribution in [1.82, 2.24) is 15.0 Å². The minimum Gasteiger partial charge on any atom is -0.334 e. The molecule has 102 valence electrons. The van der Waals surface area contributed by atoms with E-state index in [1.165, 1.54) is 0 Å². The Morgan fingerprint density at radius 2 is 2.11 bits per heavy atom. The lowest BCUT2D eigenvalue weighted by Gasteiger charge is -2.12. The summed E-state index contributed by atoms with van der Waals surface area (Å²) in [4.78, 5) is 6.22. The molecule has 2 aromatic rings. The molecule has 2 rings (SSSR count). The molecule has 2 N–H and O–H groups in total. The molecule has 0 aliphatic heterocycles. The van der Waals surface area contributed by atoms with Gasteiger partial charge < -0.3 is 15.2 Å². The van der Waals surface area contributed by atoms with Crippen LogP contribution in [0.4, 0.5) is 0 Å². The summed E-state index contributed by atoms with van der Waals surface area (Å²) in [5.74, 6) is 0.792. The van der Waals surface area contributed by atoms with Gasteiger partial charge in [-0.15, -0.1) is 0 Å². The van der Waals surface area contributed by atoms with Crippen LogP contribution >= 0.6 is 23.2 Å². The number of rotatable bonds is 4. The molecular weight excluding hydrogens is 287 g/mol. The molecular formula is C12H14Cl2N4O. The predicted molar refractivity (Wildman–Crippen MR) is 75.2 cm³/mol. The quantitative estimate of drug-likeness (QED) is 0.940. The first-order chi connectivity index (χ1) is 8.97. The predicted octanol–water partition coefficient (Wildman–Crippen LogP) is 2.60. The third-order valence-electron chi connectivity index (χ3n) is 2.50. The Morgan fingerprint density at radius 1 is 1.37 bits per heavy atom. The van der Waals surface area contributed by atoms with Gasteiger partial charge in [0.2, 0.25) is 0 Å². The molecule has 5 nitrogen and oxygen atoms in total. The van der Waals surface area contributed by atoms with E-state index in [1.54, 1.807) is 18.2 Å². The molecule has 0 amide bonds. The fraction of sp³-hybridized carbons (Fsp3) is 0.333. The molecule has 1 atom stereocenters. The largest absolute Gasteiger partial charge is 0.334 e. The number of benzene rings is 1. The van der Waals surface area contributed by atoms with Crippen molar-refractivity contribution in [3.05, 3.63) is 34.1 Å². The summed E-state index contributed by atoms with van der Waals surface area (Å²) in [5.41, 5.74) is 6.61. The molecule has 1 aromatic carbocycles. The lowest BCUT2D eigenvalue weighted by molar-refractivity contribution is 0.357. The van der Waals surface area contributed by atoms with E-state index in [0.717, 1.165) is 0 Å². The van der Waals surface area contributed by atoms with Gasteiger partial charge in [-0.05, 0) is 32.3 Å². The summed E-state index contributed by atoms with van der Waals surface area (Å²) < 4.78 is 5.19. The van der Waals surface area contributed by atoms with E-state index >= 15 is 0 Å². The van der Waals surface area contributed by atoms with E-state index in [0.29, 0.717) is 33.9 Å². The fourth-order valence-corrected chi connectivity index (χ4v) is 2.12. The van der Waals surface area contributed by atoms with Crippen LogP contribution in [0.5, 0.6) is 0 Å². The first kappa shape index (κ1) is 14.3. The summed E-state index contributed by atoms with van der Waals surface area (Å²) in [5, 5.41) is 4.90. The van der Waals surface area contributed by atoms with Crippen LogP contribution in [-0.2, 0) is 0 Å². The number of nitrogens with two attached hydrogens (primary N) is 1. The molecule has 0 saturated carbocycles. The van der Waals surface area contributed by atoms with Crippen LogP contribution in [0.3, 0.4) is 0 Å². The fourth-order valence-electron chi connectivity index (χ4n) is 1.63. The van der Waals surface area contributed by atoms with Crippen molar-refractivity contribution in [3.8, 4) is 11.5 Å². The second-order valence-corrected chi connectivity index (χ2v) is 5.29. The monoisotopic (exact) mass is 300 g/mol. The van der Waals surface area contributed by atoms with Crippen LogP contribution in [-0.4, -0.2) is 35.7 Å². The summed E-state index contributed by atoms with van der Waals surface area (Å²) >= 11 is 11.9. The van der Waals surface area contributed by atoms with Crippen molar-refractivity contribution < 1.29 is 4.52 Å². The maximum atomic E-state index is 6.09. The summed E-state index contributed by atoms with van der Waals surface area (Å²) in [6.07, 6.45) is 0. The third-order valence-corrected chi connectivity index (χ3v) is 3.04. The molecule has 19 heavy (non-hydrogen) atoms. The van der Waals surface area contributed by atoms with E-state index in [9.17, 15) is 0 Å². The number of aromatic nitrogens is 2. The summed E-state index contributed by atoms with van der Waals surface area (Å²) in [7, 11) is 3.85. The number of halogens is 2. The van der Waals surface area contributed by atoms with Crippen LogP contribution in [0, 0.1) is 0 Å². The molecule has 0 aliphatic carbocycles. The van der Waals surface area contributed by atoms with Crippen LogP contribution in [0.1, 0.15) is 11.9 Å². The molecule has 1 aromatic heterocycles. The second-order valence-electron chi connectivity index (χ2n) is 4.45. The zero-order chi connectivity index (χ0) is 14.0. The Labute approximate surface area is 121 Å². The third kappa shape index (κ3) is 3.45. The minimum absolute atomic E-state index is 0.307. The highest BCUT2D eigenvalue weighted by molar-refractivity contribution is 6.36. The summed E-state index contributed by atoms with van der Waals surface area (Å²) in [6, 6.07) is 4.77. The molecule has 0 aliphatic rings. The van der Waals surface area contributed by atoms with E-state index in [2.05, 4.69) is 10.1 Å². The topological polar surface area (TPSA) is 68.2 Å². The molecule has 0 radical (unpaired) electrons. The summed E-state index contributed by atoms with van der Waals surface area (Å²) in [6.45, 7) is 0.632. The number of hydrogen-bond donors (Lipinski definition) is 1. The maximum Gasteiger partial charge on any atom is 0.259 e. The normalized spacial score (nSPS) is 12.9.